The third kappa shape index (κ3) is 4.65. The van der Waals surface area contributed by atoms with Crippen LogP contribution in [-0.2, 0) is 10.8 Å². The Bertz CT molecular complexity index is 3240. The molecular formula is C58H45NO. The average molecular weight is 772 g/mol. The van der Waals surface area contributed by atoms with Gasteiger partial charge < -0.3 is 9.32 Å². The van der Waals surface area contributed by atoms with E-state index >= 15 is 0 Å². The Morgan fingerprint density at radius 1 is 0.483 bits per heavy atom. The van der Waals surface area contributed by atoms with Crippen molar-refractivity contribution in [2.75, 3.05) is 4.90 Å². The third-order valence-electron chi connectivity index (χ3n) is 15.1. The molecule has 2 nitrogen and oxygen atoms in total. The summed E-state index contributed by atoms with van der Waals surface area (Å²) in [5.41, 5.74) is 21.6. The highest BCUT2D eigenvalue weighted by molar-refractivity contribution is 6.12. The molecule has 13 rings (SSSR count). The molecule has 0 N–H and O–H groups in total. The molecule has 2 fully saturated rings. The number of rotatable bonds is 5. The van der Waals surface area contributed by atoms with E-state index in [2.05, 4.69) is 195 Å². The minimum absolute atomic E-state index is 0.0867. The van der Waals surface area contributed by atoms with Gasteiger partial charge in [0.2, 0.25) is 0 Å². The summed E-state index contributed by atoms with van der Waals surface area (Å²) in [6.45, 7) is 4.78. The zero-order valence-electron chi connectivity index (χ0n) is 34.1. The van der Waals surface area contributed by atoms with Crippen molar-refractivity contribution < 1.29 is 4.42 Å². The van der Waals surface area contributed by atoms with E-state index in [0.717, 1.165) is 39.2 Å². The normalized spacial score (nSPS) is 20.1. The maximum absolute atomic E-state index is 6.38. The van der Waals surface area contributed by atoms with Gasteiger partial charge in [-0.2, -0.15) is 0 Å². The molecule has 0 saturated heterocycles. The third-order valence-corrected chi connectivity index (χ3v) is 15.1. The van der Waals surface area contributed by atoms with Crippen molar-refractivity contribution in [1.82, 2.24) is 0 Å². The molecule has 0 amide bonds. The summed E-state index contributed by atoms with van der Waals surface area (Å²) in [7, 11) is 0. The van der Waals surface area contributed by atoms with Crippen LogP contribution in [0.4, 0.5) is 17.1 Å². The molecule has 1 spiro atoms. The molecule has 9 aromatic rings. The van der Waals surface area contributed by atoms with Crippen molar-refractivity contribution in [3.8, 4) is 44.5 Å². The number of para-hydroxylation sites is 1. The maximum atomic E-state index is 6.38. The van der Waals surface area contributed by atoms with Crippen LogP contribution >= 0.6 is 0 Å². The zero-order valence-corrected chi connectivity index (χ0v) is 34.1. The second-order valence-corrected chi connectivity index (χ2v) is 18.4. The Labute approximate surface area is 351 Å². The lowest BCUT2D eigenvalue weighted by atomic mass is 9.67. The Hall–Kier alpha value is -6.64. The quantitative estimate of drug-likeness (QED) is 0.173. The van der Waals surface area contributed by atoms with E-state index in [-0.39, 0.29) is 10.8 Å². The lowest BCUT2D eigenvalue weighted by Gasteiger charge is -2.37. The van der Waals surface area contributed by atoms with Gasteiger partial charge in [-0.05, 0) is 146 Å². The molecule has 0 aliphatic heterocycles. The average Bonchev–Trinajstić information content (AvgIpc) is 4.11. The van der Waals surface area contributed by atoms with Crippen LogP contribution < -0.4 is 4.90 Å². The Balaban J connectivity index is 1.02. The summed E-state index contributed by atoms with van der Waals surface area (Å²) in [6, 6.07) is 65.9. The monoisotopic (exact) mass is 771 g/mol. The number of nitrogens with zero attached hydrogens (tertiary/aromatic N) is 1. The van der Waals surface area contributed by atoms with Crippen molar-refractivity contribution in [2.45, 2.75) is 50.4 Å². The van der Waals surface area contributed by atoms with Gasteiger partial charge in [0.15, 0.2) is 0 Å². The topological polar surface area (TPSA) is 16.4 Å². The Kier molecular flexibility index (Phi) is 7.10. The van der Waals surface area contributed by atoms with E-state index < -0.39 is 0 Å². The van der Waals surface area contributed by atoms with E-state index in [4.69, 9.17) is 4.42 Å². The molecule has 4 aliphatic rings. The van der Waals surface area contributed by atoms with Crippen LogP contribution in [0, 0.1) is 11.8 Å². The van der Waals surface area contributed by atoms with Gasteiger partial charge in [0.25, 0.3) is 0 Å². The van der Waals surface area contributed by atoms with Gasteiger partial charge in [0.1, 0.15) is 11.2 Å². The van der Waals surface area contributed by atoms with Crippen molar-refractivity contribution >= 4 is 39.0 Å². The lowest BCUT2D eigenvalue weighted by molar-refractivity contribution is 0.327. The molecule has 3 unspecified atom stereocenters. The van der Waals surface area contributed by atoms with Crippen LogP contribution in [0.2, 0.25) is 0 Å². The van der Waals surface area contributed by atoms with Crippen molar-refractivity contribution in [2.24, 2.45) is 11.8 Å². The van der Waals surface area contributed by atoms with Crippen molar-refractivity contribution in [3.05, 3.63) is 198 Å². The van der Waals surface area contributed by atoms with Crippen molar-refractivity contribution in [3.63, 3.8) is 0 Å². The SMILES string of the molecule is CC1(C)c2ccccc2-c2cccc(-c3cccc(N(c4cccc(-c5cccc6oc7ccccc7c56)c4)c4ccc5c(c4)C4(CC6CCC4C6)c4ccccc4-5)c3)c21. The molecule has 2 heteroatoms. The highest BCUT2D eigenvalue weighted by atomic mass is 16.3. The van der Waals surface area contributed by atoms with E-state index in [1.165, 1.54) is 92.6 Å². The van der Waals surface area contributed by atoms with E-state index in [1.807, 2.05) is 0 Å². The molecule has 2 bridgehead atoms. The molecule has 3 atom stereocenters. The zero-order chi connectivity index (χ0) is 39.7. The van der Waals surface area contributed by atoms with Gasteiger partial charge in [-0.1, -0.05) is 148 Å². The number of benzene rings is 8. The fraction of sp³-hybridized carbons (Fsp3) is 0.172. The molecule has 60 heavy (non-hydrogen) atoms. The molecule has 8 aromatic carbocycles. The summed E-state index contributed by atoms with van der Waals surface area (Å²) in [6.07, 6.45) is 5.31. The highest BCUT2D eigenvalue weighted by Gasteiger charge is 2.56. The van der Waals surface area contributed by atoms with E-state index in [9.17, 15) is 0 Å². The fourth-order valence-corrected chi connectivity index (χ4v) is 12.7. The number of fused-ring (bicyclic) bond motifs is 14. The van der Waals surface area contributed by atoms with Gasteiger partial charge in [-0.3, -0.25) is 0 Å². The second-order valence-electron chi connectivity index (χ2n) is 18.4. The van der Waals surface area contributed by atoms with Gasteiger partial charge in [-0.25, -0.2) is 0 Å². The first kappa shape index (κ1) is 34.2. The largest absolute Gasteiger partial charge is 0.456 e. The molecule has 1 heterocycles. The minimum atomic E-state index is -0.116. The first-order valence-corrected chi connectivity index (χ1v) is 21.9. The van der Waals surface area contributed by atoms with Gasteiger partial charge in [0.05, 0.1) is 0 Å². The molecule has 1 aromatic heterocycles. The molecule has 288 valence electrons. The molecular weight excluding hydrogens is 727 g/mol. The van der Waals surface area contributed by atoms with Crippen LogP contribution in [0.25, 0.3) is 66.4 Å². The fourth-order valence-electron chi connectivity index (χ4n) is 12.7. The van der Waals surface area contributed by atoms with Crippen LogP contribution in [0.5, 0.6) is 0 Å². The van der Waals surface area contributed by atoms with E-state index in [1.54, 1.807) is 5.56 Å². The number of anilines is 3. The van der Waals surface area contributed by atoms with Gasteiger partial charge >= 0.3 is 0 Å². The predicted octanol–water partition coefficient (Wildman–Crippen LogP) is 15.8. The van der Waals surface area contributed by atoms with Crippen LogP contribution in [0.3, 0.4) is 0 Å². The second kappa shape index (κ2) is 12.4. The molecule has 4 aliphatic carbocycles. The molecule has 2 saturated carbocycles. The summed E-state index contributed by atoms with van der Waals surface area (Å²) in [4.78, 5) is 2.52. The van der Waals surface area contributed by atoms with Gasteiger partial charge in [0, 0.05) is 38.7 Å². The van der Waals surface area contributed by atoms with E-state index in [0.29, 0.717) is 5.92 Å². The lowest BCUT2D eigenvalue weighted by Crippen LogP contribution is -2.32. The summed E-state index contributed by atoms with van der Waals surface area (Å²) in [5.74, 6) is 1.50. The smallest absolute Gasteiger partial charge is 0.136 e. The predicted molar refractivity (Wildman–Crippen MR) is 249 cm³/mol. The number of hydrogen-bond acceptors (Lipinski definition) is 2. The first-order valence-electron chi connectivity index (χ1n) is 21.9. The van der Waals surface area contributed by atoms with Crippen molar-refractivity contribution in [1.29, 1.82) is 0 Å². The Morgan fingerprint density at radius 2 is 1.08 bits per heavy atom. The Morgan fingerprint density at radius 3 is 1.87 bits per heavy atom. The maximum Gasteiger partial charge on any atom is 0.136 e. The minimum Gasteiger partial charge on any atom is -0.456 e. The van der Waals surface area contributed by atoms with Crippen LogP contribution in [0.15, 0.2) is 180 Å². The standard InChI is InChI=1S/C58H45NO/c1-57(2)50-23-6-3-18-46(50)48-22-11-21-44(56(48)57)38-14-10-16-41(33-38)59(40-15-9-13-37(32-40)43-20-12-26-54-55(43)49-19-5-8-25-53(49)60-54)42-29-30-47-45-17-4-7-24-51(45)58(52(47)34-42)35-36-27-28-39(58)31-36/h3-26,29-30,32-34,36,39H,27-28,31,35H2,1-2H3. The van der Waals surface area contributed by atoms with Crippen LogP contribution in [-0.4, -0.2) is 0 Å². The number of hydrogen-bond donors (Lipinski definition) is 0. The highest BCUT2D eigenvalue weighted by Crippen LogP contribution is 2.66. The molecule has 0 radical (unpaired) electrons. The van der Waals surface area contributed by atoms with Gasteiger partial charge in [-0.15, -0.1) is 0 Å². The summed E-state index contributed by atoms with van der Waals surface area (Å²) >= 11 is 0. The number of furan rings is 1. The van der Waals surface area contributed by atoms with Crippen LogP contribution in [0.1, 0.15) is 61.8 Å². The first-order chi connectivity index (χ1) is 29.5. The summed E-state index contributed by atoms with van der Waals surface area (Å²) in [5, 5.41) is 2.31. The summed E-state index contributed by atoms with van der Waals surface area (Å²) < 4.78 is 6.38.